The molecule has 0 aliphatic carbocycles. The van der Waals surface area contributed by atoms with Gasteiger partial charge in [-0.05, 0) is 59.2 Å². The van der Waals surface area contributed by atoms with E-state index in [-0.39, 0.29) is 36.4 Å². The number of aromatic nitrogens is 1. The third-order valence-electron chi connectivity index (χ3n) is 5.54. The summed E-state index contributed by atoms with van der Waals surface area (Å²) in [5, 5.41) is 6.32. The van der Waals surface area contributed by atoms with Gasteiger partial charge in [-0.25, -0.2) is 4.98 Å². The number of piperidine rings is 1. The van der Waals surface area contributed by atoms with Gasteiger partial charge in [0.1, 0.15) is 0 Å². The summed E-state index contributed by atoms with van der Waals surface area (Å²) in [7, 11) is 0. The van der Waals surface area contributed by atoms with Crippen LogP contribution in [0.4, 0.5) is 0 Å². The van der Waals surface area contributed by atoms with Gasteiger partial charge in [-0.1, -0.05) is 29.8 Å². The summed E-state index contributed by atoms with van der Waals surface area (Å²) in [4.78, 5) is 32.2. The van der Waals surface area contributed by atoms with E-state index in [1.54, 1.807) is 11.3 Å². The summed E-state index contributed by atoms with van der Waals surface area (Å²) < 4.78 is 5.32. The highest BCUT2D eigenvalue weighted by molar-refractivity contribution is 7.09. The van der Waals surface area contributed by atoms with Crippen molar-refractivity contribution < 1.29 is 14.3 Å². The molecule has 2 aromatic rings. The summed E-state index contributed by atoms with van der Waals surface area (Å²) in [6.07, 6.45) is 1.58. The third kappa shape index (κ3) is 7.14. The predicted octanol–water partition coefficient (Wildman–Crippen LogP) is 4.17. The van der Waals surface area contributed by atoms with Crippen molar-refractivity contribution in [3.05, 3.63) is 51.5 Å². The van der Waals surface area contributed by atoms with Gasteiger partial charge in [0.2, 0.25) is 5.91 Å². The molecule has 0 bridgehead atoms. The molecule has 31 heavy (non-hydrogen) atoms. The second-order valence-electron chi connectivity index (χ2n) is 8.62. The summed E-state index contributed by atoms with van der Waals surface area (Å²) in [6.45, 7) is 10.3. The Morgan fingerprint density at radius 1 is 1.19 bits per heavy atom. The number of nitrogens with zero attached hydrogens (tertiary/aromatic N) is 2. The smallest absolute Gasteiger partial charge is 0.308 e. The zero-order chi connectivity index (χ0) is 22.4. The molecule has 1 amide bonds. The number of nitrogens with one attached hydrogen (secondary N) is 1. The number of benzene rings is 1. The highest BCUT2D eigenvalue weighted by Gasteiger charge is 2.28. The van der Waals surface area contributed by atoms with Gasteiger partial charge >= 0.3 is 5.97 Å². The summed E-state index contributed by atoms with van der Waals surface area (Å²) in [5.74, 6) is -0.316. The average molecular weight is 444 g/mol. The van der Waals surface area contributed by atoms with Gasteiger partial charge < -0.3 is 10.1 Å². The molecule has 0 spiro atoms. The van der Waals surface area contributed by atoms with Gasteiger partial charge in [-0.15, -0.1) is 11.3 Å². The van der Waals surface area contributed by atoms with Crippen molar-refractivity contribution in [2.75, 3.05) is 13.1 Å². The number of aryl methyl sites for hydroxylation is 2. The van der Waals surface area contributed by atoms with Crippen molar-refractivity contribution in [1.82, 2.24) is 15.2 Å². The number of hydrogen-bond acceptors (Lipinski definition) is 6. The maximum atomic E-state index is 13.0. The van der Waals surface area contributed by atoms with Crippen LogP contribution in [0.2, 0.25) is 0 Å². The Kier molecular flexibility index (Phi) is 8.21. The Hall–Kier alpha value is -2.25. The van der Waals surface area contributed by atoms with Crippen LogP contribution in [0.25, 0.3) is 0 Å². The Bertz CT molecular complexity index is 870. The predicted molar refractivity (Wildman–Crippen MR) is 123 cm³/mol. The van der Waals surface area contributed by atoms with E-state index in [2.05, 4.69) is 20.6 Å². The minimum absolute atomic E-state index is 0.0204. The topological polar surface area (TPSA) is 71.5 Å². The molecular formula is C24H33N3O3S. The van der Waals surface area contributed by atoms with Gasteiger partial charge in [0.05, 0.1) is 29.3 Å². The van der Waals surface area contributed by atoms with E-state index < -0.39 is 0 Å². The molecule has 3 rings (SSSR count). The molecule has 1 atom stereocenters. The lowest BCUT2D eigenvalue weighted by Gasteiger charge is -2.31. The van der Waals surface area contributed by atoms with E-state index in [0.717, 1.165) is 54.3 Å². The van der Waals surface area contributed by atoms with E-state index >= 15 is 0 Å². The van der Waals surface area contributed by atoms with Crippen LogP contribution in [0.3, 0.4) is 0 Å². The quantitative estimate of drug-likeness (QED) is 0.620. The molecule has 1 aliphatic heterocycles. The van der Waals surface area contributed by atoms with E-state index in [4.69, 9.17) is 4.74 Å². The molecule has 2 heterocycles. The first kappa shape index (κ1) is 23.4. The third-order valence-corrected chi connectivity index (χ3v) is 6.37. The molecule has 168 valence electrons. The van der Waals surface area contributed by atoms with Gasteiger partial charge in [0.15, 0.2) is 0 Å². The van der Waals surface area contributed by atoms with Crippen LogP contribution >= 0.6 is 11.3 Å². The lowest BCUT2D eigenvalue weighted by Crippen LogP contribution is -2.41. The Balaban J connectivity index is 1.58. The fraction of sp³-hybridized carbons (Fsp3) is 0.542. The first-order chi connectivity index (χ1) is 14.8. The van der Waals surface area contributed by atoms with Gasteiger partial charge in [0.25, 0.3) is 0 Å². The minimum Gasteiger partial charge on any atom is -0.463 e. The van der Waals surface area contributed by atoms with Crippen LogP contribution in [-0.2, 0) is 20.9 Å². The van der Waals surface area contributed by atoms with Gasteiger partial charge in [0, 0.05) is 17.8 Å². The van der Waals surface area contributed by atoms with Crippen molar-refractivity contribution in [3.8, 4) is 0 Å². The van der Waals surface area contributed by atoms with E-state index in [9.17, 15) is 9.59 Å². The summed E-state index contributed by atoms with van der Waals surface area (Å²) in [6, 6.07) is 7.57. The molecule has 0 radical (unpaired) electrons. The molecule has 1 aromatic carbocycles. The molecule has 1 unspecified atom stereocenters. The fourth-order valence-electron chi connectivity index (χ4n) is 3.88. The number of carbonyl (C=O) groups excluding carboxylic acids is 2. The lowest BCUT2D eigenvalue weighted by molar-refractivity contribution is -0.148. The molecule has 1 aromatic heterocycles. The molecule has 6 nitrogen and oxygen atoms in total. The Morgan fingerprint density at radius 2 is 1.87 bits per heavy atom. The monoisotopic (exact) mass is 443 g/mol. The van der Waals surface area contributed by atoms with Gasteiger partial charge in [-0.2, -0.15) is 0 Å². The van der Waals surface area contributed by atoms with Crippen molar-refractivity contribution in [2.24, 2.45) is 5.92 Å². The number of carbonyl (C=O) groups is 2. The maximum Gasteiger partial charge on any atom is 0.308 e. The van der Waals surface area contributed by atoms with E-state index in [0.29, 0.717) is 0 Å². The van der Waals surface area contributed by atoms with Crippen LogP contribution in [-0.4, -0.2) is 41.0 Å². The Morgan fingerprint density at radius 3 is 2.45 bits per heavy atom. The summed E-state index contributed by atoms with van der Waals surface area (Å²) >= 11 is 1.67. The highest BCUT2D eigenvalue weighted by Crippen LogP contribution is 2.23. The Labute approximate surface area is 189 Å². The SMILES string of the molecule is Cc1ccc(C(CC(=O)OC(C)C)NC(=O)C2CCN(Cc3csc(C)n3)CC2)cc1. The number of thiazole rings is 1. The van der Waals surface area contributed by atoms with Crippen molar-refractivity contribution >= 4 is 23.2 Å². The summed E-state index contributed by atoms with van der Waals surface area (Å²) in [5.41, 5.74) is 3.17. The molecule has 1 fully saturated rings. The highest BCUT2D eigenvalue weighted by atomic mass is 32.1. The number of likely N-dealkylation sites (tertiary alicyclic amines) is 1. The van der Waals surface area contributed by atoms with Crippen molar-refractivity contribution in [1.29, 1.82) is 0 Å². The van der Waals surface area contributed by atoms with Crippen molar-refractivity contribution in [2.45, 2.75) is 65.6 Å². The average Bonchev–Trinajstić information content (AvgIpc) is 3.12. The zero-order valence-corrected chi connectivity index (χ0v) is 19.7. The molecule has 1 aliphatic rings. The first-order valence-corrected chi connectivity index (χ1v) is 11.9. The lowest BCUT2D eigenvalue weighted by atomic mass is 9.94. The standard InChI is InChI=1S/C24H33N3O3S/c1-16(2)30-23(28)13-22(19-7-5-17(3)6-8-19)26-24(29)20-9-11-27(12-10-20)14-21-15-31-18(4)25-21/h5-8,15-16,20,22H,9-14H2,1-4H3,(H,26,29). The van der Waals surface area contributed by atoms with Crippen LogP contribution in [0.15, 0.2) is 29.6 Å². The molecule has 0 saturated carbocycles. The largest absolute Gasteiger partial charge is 0.463 e. The number of esters is 1. The fourth-order valence-corrected chi connectivity index (χ4v) is 4.49. The van der Waals surface area contributed by atoms with E-state index in [1.165, 1.54) is 0 Å². The van der Waals surface area contributed by atoms with Crippen LogP contribution in [0.1, 0.15) is 61.0 Å². The zero-order valence-electron chi connectivity index (χ0n) is 18.9. The second-order valence-corrected chi connectivity index (χ2v) is 9.69. The molecule has 1 saturated heterocycles. The number of amides is 1. The molecule has 1 N–H and O–H groups in total. The molecular weight excluding hydrogens is 410 g/mol. The van der Waals surface area contributed by atoms with E-state index in [1.807, 2.05) is 52.0 Å². The van der Waals surface area contributed by atoms with Crippen LogP contribution in [0, 0.1) is 19.8 Å². The van der Waals surface area contributed by atoms with Crippen molar-refractivity contribution in [3.63, 3.8) is 0 Å². The van der Waals surface area contributed by atoms with Crippen LogP contribution < -0.4 is 5.32 Å². The van der Waals surface area contributed by atoms with Gasteiger partial charge in [-0.3, -0.25) is 14.5 Å². The minimum atomic E-state index is -0.379. The maximum absolute atomic E-state index is 13.0. The number of rotatable bonds is 8. The second kappa shape index (κ2) is 10.9. The molecule has 7 heteroatoms. The normalized spacial score (nSPS) is 16.3. The number of hydrogen-bond donors (Lipinski definition) is 1. The van der Waals surface area contributed by atoms with Crippen LogP contribution in [0.5, 0.6) is 0 Å². The number of ether oxygens (including phenoxy) is 1. The first-order valence-electron chi connectivity index (χ1n) is 11.0.